The van der Waals surface area contributed by atoms with Gasteiger partial charge in [0.25, 0.3) is 0 Å². The number of fused-ring (bicyclic) bond motifs is 2. The van der Waals surface area contributed by atoms with Crippen molar-refractivity contribution in [1.82, 2.24) is 10.2 Å². The third kappa shape index (κ3) is 2.07. The summed E-state index contributed by atoms with van der Waals surface area (Å²) in [6.45, 7) is 0. The van der Waals surface area contributed by atoms with Gasteiger partial charge >= 0.3 is 0 Å². The Balaban J connectivity index is 2.03. The molecule has 2 N–H and O–H groups in total. The molecule has 108 valence electrons. The van der Waals surface area contributed by atoms with E-state index in [2.05, 4.69) is 20.5 Å². The van der Waals surface area contributed by atoms with E-state index in [1.807, 2.05) is 6.07 Å². The number of benzene rings is 2. The molecule has 0 atom stereocenters. The lowest BCUT2D eigenvalue weighted by Crippen LogP contribution is -2.07. The van der Waals surface area contributed by atoms with Gasteiger partial charge in [0.1, 0.15) is 11.5 Å². The van der Waals surface area contributed by atoms with Crippen LogP contribution in [0.25, 0.3) is 0 Å². The van der Waals surface area contributed by atoms with Gasteiger partial charge in [-0.05, 0) is 30.3 Å². The Labute approximate surface area is 130 Å². The molecule has 6 heteroatoms. The van der Waals surface area contributed by atoms with E-state index in [1.54, 1.807) is 36.5 Å². The van der Waals surface area contributed by atoms with Gasteiger partial charge in [0.2, 0.25) is 0 Å². The normalized spacial score (nSPS) is 12.7. The zero-order valence-corrected chi connectivity index (χ0v) is 12.0. The van der Waals surface area contributed by atoms with Gasteiger partial charge in [-0.3, -0.25) is 5.10 Å². The molecule has 2 aromatic carbocycles. The zero-order chi connectivity index (χ0) is 15.1. The second-order valence-corrected chi connectivity index (χ2v) is 5.32. The van der Waals surface area contributed by atoms with E-state index in [0.717, 1.165) is 11.3 Å². The molecule has 1 aliphatic rings. The molecule has 4 nitrogen and oxygen atoms in total. The summed E-state index contributed by atoms with van der Waals surface area (Å²) in [5, 5.41) is 10.6. The Hall–Kier alpha value is -2.66. The summed E-state index contributed by atoms with van der Waals surface area (Å²) in [4.78, 5) is 4.57. The van der Waals surface area contributed by atoms with E-state index >= 15 is 0 Å². The highest BCUT2D eigenvalue weighted by molar-refractivity contribution is 6.31. The SMILES string of the molecule is Fc1ccccc1C1=Nc2cn[nH]c2Nc2ccc(Cl)cc21. The minimum absolute atomic E-state index is 0.334. The van der Waals surface area contributed by atoms with Crippen molar-refractivity contribution in [1.29, 1.82) is 0 Å². The fourth-order valence-corrected chi connectivity index (χ4v) is 2.62. The Morgan fingerprint density at radius 2 is 1.91 bits per heavy atom. The molecular weight excluding hydrogens is 303 g/mol. The predicted molar refractivity (Wildman–Crippen MR) is 85.0 cm³/mol. The first-order valence-corrected chi connectivity index (χ1v) is 7.04. The third-order valence-corrected chi connectivity index (χ3v) is 3.71. The number of H-pyrrole nitrogens is 1. The topological polar surface area (TPSA) is 53.1 Å². The molecule has 1 aliphatic heterocycles. The predicted octanol–water partition coefficient (Wildman–Crippen LogP) is 4.43. The van der Waals surface area contributed by atoms with E-state index in [9.17, 15) is 4.39 Å². The molecule has 0 unspecified atom stereocenters. The van der Waals surface area contributed by atoms with Gasteiger partial charge < -0.3 is 5.32 Å². The average Bonchev–Trinajstić information content (AvgIpc) is 2.89. The molecule has 22 heavy (non-hydrogen) atoms. The van der Waals surface area contributed by atoms with Crippen LogP contribution in [0.15, 0.2) is 53.7 Å². The zero-order valence-electron chi connectivity index (χ0n) is 11.3. The van der Waals surface area contributed by atoms with Gasteiger partial charge in [-0.15, -0.1) is 0 Å². The summed E-state index contributed by atoms with van der Waals surface area (Å²) < 4.78 is 14.2. The third-order valence-electron chi connectivity index (χ3n) is 3.48. The highest BCUT2D eigenvalue weighted by atomic mass is 35.5. The second kappa shape index (κ2) is 4.96. The fraction of sp³-hybridized carbons (Fsp3) is 0. The molecule has 0 bridgehead atoms. The highest BCUT2D eigenvalue weighted by Gasteiger charge is 2.21. The van der Waals surface area contributed by atoms with Crippen molar-refractivity contribution >= 4 is 34.5 Å². The van der Waals surface area contributed by atoms with Crippen molar-refractivity contribution in [3.63, 3.8) is 0 Å². The van der Waals surface area contributed by atoms with E-state index in [1.165, 1.54) is 6.07 Å². The van der Waals surface area contributed by atoms with Gasteiger partial charge in [0.05, 0.1) is 11.9 Å². The van der Waals surface area contributed by atoms with Crippen LogP contribution in [0.4, 0.5) is 21.6 Å². The summed E-state index contributed by atoms with van der Waals surface area (Å²) in [7, 11) is 0. The Morgan fingerprint density at radius 1 is 1.05 bits per heavy atom. The molecule has 3 aromatic rings. The average molecular weight is 313 g/mol. The fourth-order valence-electron chi connectivity index (χ4n) is 2.45. The Kier molecular flexibility index (Phi) is 2.94. The van der Waals surface area contributed by atoms with Crippen LogP contribution in [0.1, 0.15) is 11.1 Å². The van der Waals surface area contributed by atoms with Gasteiger partial charge in [-0.1, -0.05) is 23.7 Å². The maximum absolute atomic E-state index is 14.2. The van der Waals surface area contributed by atoms with Crippen molar-refractivity contribution in [2.24, 2.45) is 4.99 Å². The van der Waals surface area contributed by atoms with Crippen molar-refractivity contribution in [2.75, 3.05) is 5.32 Å². The molecule has 0 amide bonds. The van der Waals surface area contributed by atoms with Crippen molar-refractivity contribution in [2.45, 2.75) is 0 Å². The number of aliphatic imine (C=N–C) groups is 1. The van der Waals surface area contributed by atoms with Gasteiger partial charge in [0, 0.05) is 21.8 Å². The summed E-state index contributed by atoms with van der Waals surface area (Å²) >= 11 is 6.11. The number of aromatic nitrogens is 2. The molecule has 1 aromatic heterocycles. The van der Waals surface area contributed by atoms with Crippen molar-refractivity contribution in [3.05, 3.63) is 70.6 Å². The van der Waals surface area contributed by atoms with Crippen LogP contribution < -0.4 is 5.32 Å². The maximum Gasteiger partial charge on any atom is 0.152 e. The number of nitrogens with one attached hydrogen (secondary N) is 2. The number of hydrogen-bond acceptors (Lipinski definition) is 3. The van der Waals surface area contributed by atoms with Crippen LogP contribution in [-0.4, -0.2) is 15.9 Å². The number of halogens is 2. The number of nitrogens with zero attached hydrogens (tertiary/aromatic N) is 2. The van der Waals surface area contributed by atoms with Gasteiger partial charge in [-0.25, -0.2) is 9.38 Å². The van der Waals surface area contributed by atoms with E-state index in [-0.39, 0.29) is 5.82 Å². The molecular formula is C16H10ClFN4. The molecule has 0 saturated heterocycles. The highest BCUT2D eigenvalue weighted by Crippen LogP contribution is 2.35. The lowest BCUT2D eigenvalue weighted by Gasteiger charge is -2.11. The van der Waals surface area contributed by atoms with E-state index in [0.29, 0.717) is 27.8 Å². The second-order valence-electron chi connectivity index (χ2n) is 4.89. The number of hydrogen-bond donors (Lipinski definition) is 2. The number of rotatable bonds is 1. The molecule has 0 aliphatic carbocycles. The molecule has 2 heterocycles. The van der Waals surface area contributed by atoms with E-state index < -0.39 is 0 Å². The van der Waals surface area contributed by atoms with Crippen LogP contribution in [0.2, 0.25) is 5.02 Å². The molecule has 0 spiro atoms. The minimum Gasteiger partial charge on any atom is -0.338 e. The monoisotopic (exact) mass is 312 g/mol. The standard InChI is InChI=1S/C16H10ClFN4/c17-9-5-6-13-11(7-9)15(10-3-1-2-4-12(10)18)20-14-8-19-22-16(14)21-13/h1-8H,(H2,19,21,22). The molecule has 0 radical (unpaired) electrons. The smallest absolute Gasteiger partial charge is 0.152 e. The quantitative estimate of drug-likeness (QED) is 0.546. The van der Waals surface area contributed by atoms with Crippen LogP contribution in [0, 0.1) is 5.82 Å². The number of anilines is 2. The van der Waals surface area contributed by atoms with Crippen LogP contribution >= 0.6 is 11.6 Å². The number of aromatic amines is 1. The summed E-state index contributed by atoms with van der Waals surface area (Å²) in [5.74, 6) is 0.328. The van der Waals surface area contributed by atoms with Gasteiger partial charge in [0.15, 0.2) is 5.82 Å². The Morgan fingerprint density at radius 3 is 2.77 bits per heavy atom. The van der Waals surface area contributed by atoms with Crippen LogP contribution in [-0.2, 0) is 0 Å². The summed E-state index contributed by atoms with van der Waals surface area (Å²) in [5.41, 5.74) is 3.08. The Bertz CT molecular complexity index is 901. The molecule has 0 saturated carbocycles. The largest absolute Gasteiger partial charge is 0.338 e. The summed E-state index contributed by atoms with van der Waals surface area (Å²) in [6.07, 6.45) is 1.59. The van der Waals surface area contributed by atoms with Crippen molar-refractivity contribution in [3.8, 4) is 0 Å². The first-order valence-electron chi connectivity index (χ1n) is 6.66. The van der Waals surface area contributed by atoms with Crippen molar-refractivity contribution < 1.29 is 4.39 Å². The molecule has 4 rings (SSSR count). The first kappa shape index (κ1) is 13.0. The first-order chi connectivity index (χ1) is 10.7. The lowest BCUT2D eigenvalue weighted by atomic mass is 10.00. The van der Waals surface area contributed by atoms with E-state index in [4.69, 9.17) is 11.6 Å². The molecule has 0 fully saturated rings. The van der Waals surface area contributed by atoms with Crippen LogP contribution in [0.5, 0.6) is 0 Å². The van der Waals surface area contributed by atoms with Gasteiger partial charge in [-0.2, -0.15) is 5.10 Å². The summed E-state index contributed by atoms with van der Waals surface area (Å²) in [6, 6.07) is 11.9. The van der Waals surface area contributed by atoms with Crippen LogP contribution in [0.3, 0.4) is 0 Å². The minimum atomic E-state index is -0.334. The lowest BCUT2D eigenvalue weighted by molar-refractivity contribution is 0.625. The maximum atomic E-state index is 14.2.